The highest BCUT2D eigenvalue weighted by Crippen LogP contribution is 2.30. The molecule has 0 saturated carbocycles. The van der Waals surface area contributed by atoms with Gasteiger partial charge in [-0.2, -0.15) is 0 Å². The predicted octanol–water partition coefficient (Wildman–Crippen LogP) is 3.21. The third-order valence-corrected chi connectivity index (χ3v) is 5.29. The predicted molar refractivity (Wildman–Crippen MR) is 97.7 cm³/mol. The van der Waals surface area contributed by atoms with Crippen molar-refractivity contribution in [3.8, 4) is 0 Å². The molecule has 0 bridgehead atoms. The van der Waals surface area contributed by atoms with Gasteiger partial charge in [-0.05, 0) is 55.5 Å². The number of carbonyl (C=O) groups is 3. The number of methoxy groups -OCH3 is 1. The van der Waals surface area contributed by atoms with E-state index in [0.717, 1.165) is 31.2 Å². The van der Waals surface area contributed by atoms with E-state index in [2.05, 4.69) is 10.1 Å². The molecule has 1 aromatic carbocycles. The van der Waals surface area contributed by atoms with E-state index in [1.54, 1.807) is 35.6 Å². The fraction of sp³-hybridized carbons (Fsp3) is 0.316. The Bertz CT molecular complexity index is 825. The van der Waals surface area contributed by atoms with Crippen LogP contribution in [0.5, 0.6) is 0 Å². The summed E-state index contributed by atoms with van der Waals surface area (Å²) in [7, 11) is 1.30. The standard InChI is InChI=1S/C19H19NO5S/c1-24-18(22)12-6-8-13(9-7-12)20-17(21)10-25-19(23)15-11-26-16-5-3-2-4-14(15)16/h6-9,11H,2-5,10H2,1H3,(H,20,21). The van der Waals surface area contributed by atoms with Gasteiger partial charge >= 0.3 is 11.9 Å². The molecule has 1 aromatic heterocycles. The van der Waals surface area contributed by atoms with E-state index in [-0.39, 0.29) is 6.61 Å². The van der Waals surface area contributed by atoms with Crippen LogP contribution >= 0.6 is 11.3 Å². The summed E-state index contributed by atoms with van der Waals surface area (Å²) in [6.07, 6.45) is 4.13. The molecule has 0 aliphatic heterocycles. The van der Waals surface area contributed by atoms with Crippen molar-refractivity contribution in [3.05, 3.63) is 51.2 Å². The van der Waals surface area contributed by atoms with E-state index < -0.39 is 17.8 Å². The second-order valence-corrected chi connectivity index (χ2v) is 6.92. The summed E-state index contributed by atoms with van der Waals surface area (Å²) in [4.78, 5) is 36.8. The Labute approximate surface area is 155 Å². The van der Waals surface area contributed by atoms with E-state index in [4.69, 9.17) is 4.74 Å². The molecule has 1 aliphatic carbocycles. The molecule has 0 atom stereocenters. The van der Waals surface area contributed by atoms with E-state index in [0.29, 0.717) is 16.8 Å². The number of hydrogen-bond donors (Lipinski definition) is 1. The summed E-state index contributed by atoms with van der Waals surface area (Å²) in [5.41, 5.74) is 2.55. The van der Waals surface area contributed by atoms with Crippen molar-refractivity contribution in [1.29, 1.82) is 0 Å². The number of rotatable bonds is 5. The maximum atomic E-state index is 12.2. The zero-order valence-electron chi connectivity index (χ0n) is 14.4. The fourth-order valence-electron chi connectivity index (χ4n) is 2.88. The van der Waals surface area contributed by atoms with Gasteiger partial charge in [0.15, 0.2) is 6.61 Å². The van der Waals surface area contributed by atoms with Crippen LogP contribution in [0.15, 0.2) is 29.6 Å². The van der Waals surface area contributed by atoms with Crippen molar-refractivity contribution in [2.75, 3.05) is 19.0 Å². The molecule has 1 amide bonds. The molecular formula is C19H19NO5S. The Hall–Kier alpha value is -2.67. The number of thiophene rings is 1. The summed E-state index contributed by atoms with van der Waals surface area (Å²) in [6.45, 7) is -0.359. The summed E-state index contributed by atoms with van der Waals surface area (Å²) in [5, 5.41) is 4.44. The highest BCUT2D eigenvalue weighted by atomic mass is 32.1. The van der Waals surface area contributed by atoms with Crippen LogP contribution in [0.25, 0.3) is 0 Å². The van der Waals surface area contributed by atoms with Crippen molar-refractivity contribution in [1.82, 2.24) is 0 Å². The molecule has 136 valence electrons. The number of amides is 1. The van der Waals surface area contributed by atoms with Gasteiger partial charge in [0.1, 0.15) is 0 Å². The number of fused-ring (bicyclic) bond motifs is 1. The van der Waals surface area contributed by atoms with Gasteiger partial charge in [-0.25, -0.2) is 9.59 Å². The van der Waals surface area contributed by atoms with Gasteiger partial charge in [-0.3, -0.25) is 4.79 Å². The molecular weight excluding hydrogens is 354 g/mol. The number of esters is 2. The molecule has 6 nitrogen and oxygen atoms in total. The van der Waals surface area contributed by atoms with Gasteiger partial charge in [0.05, 0.1) is 18.2 Å². The minimum Gasteiger partial charge on any atom is -0.465 e. The van der Waals surface area contributed by atoms with Gasteiger partial charge < -0.3 is 14.8 Å². The fourth-order valence-corrected chi connectivity index (χ4v) is 3.99. The average Bonchev–Trinajstić information content (AvgIpc) is 3.10. The number of anilines is 1. The van der Waals surface area contributed by atoms with Crippen LogP contribution < -0.4 is 5.32 Å². The monoisotopic (exact) mass is 373 g/mol. The molecule has 2 aromatic rings. The number of aryl methyl sites for hydroxylation is 1. The van der Waals surface area contributed by atoms with Gasteiger partial charge in [-0.1, -0.05) is 0 Å². The van der Waals surface area contributed by atoms with Gasteiger partial charge in [0, 0.05) is 15.9 Å². The van der Waals surface area contributed by atoms with Crippen molar-refractivity contribution < 1.29 is 23.9 Å². The van der Waals surface area contributed by atoms with Gasteiger partial charge in [-0.15, -0.1) is 11.3 Å². The molecule has 3 rings (SSSR count). The number of benzene rings is 1. The van der Waals surface area contributed by atoms with Crippen LogP contribution in [0.2, 0.25) is 0 Å². The van der Waals surface area contributed by atoms with Crippen molar-refractivity contribution >= 4 is 34.9 Å². The smallest absolute Gasteiger partial charge is 0.339 e. The number of carbonyl (C=O) groups excluding carboxylic acids is 3. The number of nitrogens with one attached hydrogen (secondary N) is 1. The van der Waals surface area contributed by atoms with E-state index >= 15 is 0 Å². The Morgan fingerprint density at radius 2 is 1.81 bits per heavy atom. The summed E-state index contributed by atoms with van der Waals surface area (Å²) >= 11 is 1.58. The first-order valence-electron chi connectivity index (χ1n) is 8.33. The number of hydrogen-bond acceptors (Lipinski definition) is 6. The van der Waals surface area contributed by atoms with Gasteiger partial charge in [0.25, 0.3) is 5.91 Å². The molecule has 0 saturated heterocycles. The Kier molecular flexibility index (Phi) is 5.68. The lowest BCUT2D eigenvalue weighted by Crippen LogP contribution is -2.21. The summed E-state index contributed by atoms with van der Waals surface area (Å²) < 4.78 is 9.76. The van der Waals surface area contributed by atoms with Crippen LogP contribution in [0, 0.1) is 0 Å². The van der Waals surface area contributed by atoms with Crippen LogP contribution in [0.1, 0.15) is 44.0 Å². The van der Waals surface area contributed by atoms with Crippen LogP contribution in [0.4, 0.5) is 5.69 Å². The van der Waals surface area contributed by atoms with E-state index in [1.807, 2.05) is 5.38 Å². The third-order valence-electron chi connectivity index (χ3n) is 4.21. The van der Waals surface area contributed by atoms with Crippen LogP contribution in [0.3, 0.4) is 0 Å². The third kappa shape index (κ3) is 4.11. The lowest BCUT2D eigenvalue weighted by molar-refractivity contribution is -0.119. The molecule has 1 heterocycles. The molecule has 7 heteroatoms. The molecule has 26 heavy (non-hydrogen) atoms. The second-order valence-electron chi connectivity index (χ2n) is 5.95. The molecule has 1 N–H and O–H groups in total. The number of ether oxygens (including phenoxy) is 2. The highest BCUT2D eigenvalue weighted by molar-refractivity contribution is 7.10. The summed E-state index contributed by atoms with van der Waals surface area (Å²) in [6, 6.07) is 6.26. The molecule has 0 radical (unpaired) electrons. The first kappa shape index (κ1) is 18.1. The zero-order chi connectivity index (χ0) is 18.5. The van der Waals surface area contributed by atoms with E-state index in [1.165, 1.54) is 12.0 Å². The topological polar surface area (TPSA) is 81.7 Å². The van der Waals surface area contributed by atoms with Crippen LogP contribution in [-0.4, -0.2) is 31.6 Å². The normalized spacial score (nSPS) is 12.8. The van der Waals surface area contributed by atoms with Crippen LogP contribution in [-0.2, 0) is 27.1 Å². The quantitative estimate of drug-likeness (QED) is 0.814. The molecule has 0 spiro atoms. The molecule has 0 unspecified atom stereocenters. The molecule has 1 aliphatic rings. The zero-order valence-corrected chi connectivity index (χ0v) is 15.2. The molecule has 0 fully saturated rings. The lowest BCUT2D eigenvalue weighted by atomic mass is 9.96. The SMILES string of the molecule is COC(=O)c1ccc(NC(=O)COC(=O)c2csc3c2CCCC3)cc1. The van der Waals surface area contributed by atoms with E-state index in [9.17, 15) is 14.4 Å². The first-order chi connectivity index (χ1) is 12.6. The lowest BCUT2D eigenvalue weighted by Gasteiger charge is -2.12. The maximum Gasteiger partial charge on any atom is 0.339 e. The first-order valence-corrected chi connectivity index (χ1v) is 9.21. The Balaban J connectivity index is 1.53. The Morgan fingerprint density at radius 1 is 1.08 bits per heavy atom. The highest BCUT2D eigenvalue weighted by Gasteiger charge is 2.21. The maximum absolute atomic E-state index is 12.2. The summed E-state index contributed by atoms with van der Waals surface area (Å²) in [5.74, 6) is -1.34. The van der Waals surface area contributed by atoms with Gasteiger partial charge in [0.2, 0.25) is 0 Å². The van der Waals surface area contributed by atoms with Crippen molar-refractivity contribution in [3.63, 3.8) is 0 Å². The second kappa shape index (κ2) is 8.14. The average molecular weight is 373 g/mol. The minimum atomic E-state index is -0.458. The Morgan fingerprint density at radius 3 is 2.54 bits per heavy atom. The van der Waals surface area contributed by atoms with Crippen molar-refractivity contribution in [2.24, 2.45) is 0 Å². The van der Waals surface area contributed by atoms with Crippen molar-refractivity contribution in [2.45, 2.75) is 25.7 Å². The minimum absolute atomic E-state index is 0.359. The largest absolute Gasteiger partial charge is 0.465 e.